The van der Waals surface area contributed by atoms with Gasteiger partial charge in [-0.3, -0.25) is 4.79 Å². The molecule has 0 amide bonds. The lowest BCUT2D eigenvalue weighted by atomic mass is 10.2. The predicted molar refractivity (Wildman–Crippen MR) is 52.1 cm³/mol. The van der Waals surface area contributed by atoms with Crippen molar-refractivity contribution in [2.24, 2.45) is 0 Å². The van der Waals surface area contributed by atoms with Crippen LogP contribution in [0, 0.1) is 5.82 Å². The first kappa shape index (κ1) is 10.4. The van der Waals surface area contributed by atoms with E-state index in [0.29, 0.717) is 5.56 Å². The van der Waals surface area contributed by atoms with Crippen molar-refractivity contribution in [2.75, 3.05) is 7.11 Å². The highest BCUT2D eigenvalue weighted by Gasteiger charge is 1.97. The zero-order chi connectivity index (χ0) is 10.4. The smallest absolute Gasteiger partial charge is 0.309 e. The minimum absolute atomic E-state index is 0.158. The summed E-state index contributed by atoms with van der Waals surface area (Å²) in [6.45, 7) is 0. The molecule has 0 atom stereocenters. The number of benzene rings is 1. The van der Waals surface area contributed by atoms with Gasteiger partial charge >= 0.3 is 5.97 Å². The number of ether oxygens (including phenoxy) is 1. The third kappa shape index (κ3) is 3.01. The van der Waals surface area contributed by atoms with Gasteiger partial charge in [-0.15, -0.1) is 0 Å². The molecule has 0 N–H and O–H groups in total. The van der Waals surface area contributed by atoms with Crippen molar-refractivity contribution in [3.63, 3.8) is 0 Å². The Morgan fingerprint density at radius 3 is 2.86 bits per heavy atom. The van der Waals surface area contributed by atoms with Crippen LogP contribution >= 0.6 is 0 Å². The molecule has 0 heterocycles. The van der Waals surface area contributed by atoms with E-state index in [-0.39, 0.29) is 18.2 Å². The first-order valence-electron chi connectivity index (χ1n) is 4.22. The maximum Gasteiger partial charge on any atom is 0.309 e. The van der Waals surface area contributed by atoms with E-state index in [1.165, 1.54) is 13.2 Å². The highest BCUT2D eigenvalue weighted by molar-refractivity contribution is 5.72. The van der Waals surface area contributed by atoms with Crippen LogP contribution in [-0.2, 0) is 9.53 Å². The largest absolute Gasteiger partial charge is 0.469 e. The Morgan fingerprint density at radius 1 is 1.50 bits per heavy atom. The fourth-order valence-electron chi connectivity index (χ4n) is 0.976. The molecule has 0 saturated heterocycles. The summed E-state index contributed by atoms with van der Waals surface area (Å²) in [5.41, 5.74) is 0.469. The van der Waals surface area contributed by atoms with Gasteiger partial charge in [-0.25, -0.2) is 4.39 Å². The number of carbonyl (C=O) groups is 1. The normalized spacial score (nSPS) is 10.4. The number of carbonyl (C=O) groups excluding carboxylic acids is 1. The van der Waals surface area contributed by atoms with Crippen molar-refractivity contribution in [1.82, 2.24) is 0 Å². The van der Waals surface area contributed by atoms with Crippen molar-refractivity contribution in [2.45, 2.75) is 6.42 Å². The van der Waals surface area contributed by atoms with Crippen LogP contribution in [0.25, 0.3) is 6.08 Å². The highest BCUT2D eigenvalue weighted by atomic mass is 19.1. The molecule has 3 heteroatoms. The van der Waals surface area contributed by atoms with Gasteiger partial charge in [-0.05, 0) is 6.07 Å². The summed E-state index contributed by atoms with van der Waals surface area (Å²) in [5, 5.41) is 0. The standard InChI is InChI=1S/C11H11FO2/c1-14-11(13)8-4-6-9-5-2-3-7-10(9)12/h2-7H,8H2,1H3/b6-4-. The molecule has 1 rings (SSSR count). The Labute approximate surface area is 82.0 Å². The van der Waals surface area contributed by atoms with Crippen molar-refractivity contribution in [3.8, 4) is 0 Å². The summed E-state index contributed by atoms with van der Waals surface area (Å²) in [6.07, 6.45) is 3.29. The van der Waals surface area contributed by atoms with Gasteiger partial charge in [-0.1, -0.05) is 30.4 Å². The lowest BCUT2D eigenvalue weighted by molar-refractivity contribution is -0.139. The Bertz CT molecular complexity index is 345. The van der Waals surface area contributed by atoms with Crippen LogP contribution in [0.2, 0.25) is 0 Å². The Morgan fingerprint density at radius 2 is 2.21 bits per heavy atom. The maximum absolute atomic E-state index is 13.0. The van der Waals surface area contributed by atoms with Gasteiger partial charge in [0, 0.05) is 5.56 Å². The average molecular weight is 194 g/mol. The van der Waals surface area contributed by atoms with Crippen molar-refractivity contribution >= 4 is 12.0 Å². The van der Waals surface area contributed by atoms with Crippen LogP contribution in [0.3, 0.4) is 0 Å². The van der Waals surface area contributed by atoms with Crippen LogP contribution in [0.15, 0.2) is 30.3 Å². The number of esters is 1. The van der Waals surface area contributed by atoms with E-state index in [1.54, 1.807) is 30.4 Å². The molecular weight excluding hydrogens is 183 g/mol. The maximum atomic E-state index is 13.0. The Balaban J connectivity index is 2.60. The van der Waals surface area contributed by atoms with Gasteiger partial charge in [-0.2, -0.15) is 0 Å². The first-order valence-corrected chi connectivity index (χ1v) is 4.22. The summed E-state index contributed by atoms with van der Waals surface area (Å²) in [5.74, 6) is -0.633. The molecule has 14 heavy (non-hydrogen) atoms. The lowest BCUT2D eigenvalue weighted by Gasteiger charge is -1.95. The van der Waals surface area contributed by atoms with Crippen LogP contribution in [0.5, 0.6) is 0 Å². The van der Waals surface area contributed by atoms with Gasteiger partial charge in [0.15, 0.2) is 0 Å². The molecule has 0 unspecified atom stereocenters. The zero-order valence-electron chi connectivity index (χ0n) is 7.87. The van der Waals surface area contributed by atoms with E-state index in [9.17, 15) is 9.18 Å². The minimum atomic E-state index is -0.336. The summed E-state index contributed by atoms with van der Waals surface area (Å²) in [7, 11) is 1.32. The second kappa shape index (κ2) is 5.17. The predicted octanol–water partition coefficient (Wildman–Crippen LogP) is 2.40. The number of rotatable bonds is 3. The van der Waals surface area contributed by atoms with Crippen LogP contribution in [0.1, 0.15) is 12.0 Å². The molecule has 0 aliphatic carbocycles. The molecule has 74 valence electrons. The number of halogens is 1. The second-order valence-corrected chi connectivity index (χ2v) is 2.70. The van der Waals surface area contributed by atoms with Crippen molar-refractivity contribution in [1.29, 1.82) is 0 Å². The highest BCUT2D eigenvalue weighted by Crippen LogP contribution is 2.08. The quantitative estimate of drug-likeness (QED) is 0.690. The van der Waals surface area contributed by atoms with E-state index in [0.717, 1.165) is 0 Å². The molecule has 0 fully saturated rings. The van der Waals surface area contributed by atoms with Crippen LogP contribution in [0.4, 0.5) is 4.39 Å². The van der Waals surface area contributed by atoms with E-state index in [2.05, 4.69) is 4.74 Å². The number of hydrogen-bond donors (Lipinski definition) is 0. The fraction of sp³-hybridized carbons (Fsp3) is 0.182. The molecule has 2 nitrogen and oxygen atoms in total. The van der Waals surface area contributed by atoms with Crippen molar-refractivity contribution in [3.05, 3.63) is 41.7 Å². The van der Waals surface area contributed by atoms with E-state index in [4.69, 9.17) is 0 Å². The molecule has 0 saturated carbocycles. The lowest BCUT2D eigenvalue weighted by Crippen LogP contribution is -1.96. The first-order chi connectivity index (χ1) is 6.74. The summed E-state index contributed by atoms with van der Waals surface area (Å²) < 4.78 is 17.5. The fourth-order valence-corrected chi connectivity index (χ4v) is 0.976. The molecular formula is C11H11FO2. The average Bonchev–Trinajstić information content (AvgIpc) is 2.20. The van der Waals surface area contributed by atoms with Gasteiger partial charge in [0.2, 0.25) is 0 Å². The Hall–Kier alpha value is -1.64. The summed E-state index contributed by atoms with van der Waals surface area (Å²) >= 11 is 0. The van der Waals surface area contributed by atoms with E-state index >= 15 is 0 Å². The SMILES string of the molecule is COC(=O)C/C=C\c1ccccc1F. The van der Waals surface area contributed by atoms with E-state index < -0.39 is 0 Å². The molecule has 1 aromatic rings. The molecule has 0 aliphatic heterocycles. The third-order valence-electron chi connectivity index (χ3n) is 1.71. The number of hydrogen-bond acceptors (Lipinski definition) is 2. The minimum Gasteiger partial charge on any atom is -0.469 e. The molecule has 0 bridgehead atoms. The third-order valence-corrected chi connectivity index (χ3v) is 1.71. The molecule has 0 aliphatic rings. The number of methoxy groups -OCH3 is 1. The topological polar surface area (TPSA) is 26.3 Å². The summed E-state index contributed by atoms with van der Waals surface area (Å²) in [4.78, 5) is 10.7. The van der Waals surface area contributed by atoms with Gasteiger partial charge in [0.25, 0.3) is 0 Å². The monoisotopic (exact) mass is 194 g/mol. The van der Waals surface area contributed by atoms with Crippen LogP contribution < -0.4 is 0 Å². The molecule has 1 aromatic carbocycles. The molecule has 0 spiro atoms. The van der Waals surface area contributed by atoms with E-state index in [1.807, 2.05) is 0 Å². The van der Waals surface area contributed by atoms with Gasteiger partial charge in [0.05, 0.1) is 13.5 Å². The zero-order valence-corrected chi connectivity index (χ0v) is 7.87. The van der Waals surface area contributed by atoms with Gasteiger partial charge in [0.1, 0.15) is 5.82 Å². The molecule has 0 aromatic heterocycles. The van der Waals surface area contributed by atoms with Gasteiger partial charge < -0.3 is 4.74 Å². The van der Waals surface area contributed by atoms with Crippen molar-refractivity contribution < 1.29 is 13.9 Å². The summed E-state index contributed by atoms with van der Waals surface area (Å²) in [6, 6.07) is 6.37. The second-order valence-electron chi connectivity index (χ2n) is 2.70. The molecule has 0 radical (unpaired) electrons. The van der Waals surface area contributed by atoms with Crippen LogP contribution in [-0.4, -0.2) is 13.1 Å². The Kier molecular flexibility index (Phi) is 3.85.